The number of aromatic nitrogens is 12. The van der Waals surface area contributed by atoms with Crippen molar-refractivity contribution < 1.29 is 28.6 Å². The van der Waals surface area contributed by atoms with Crippen LogP contribution < -0.4 is 31.5 Å². The molecule has 0 fully saturated rings. The molecule has 67 heavy (non-hydrogen) atoms. The van der Waals surface area contributed by atoms with Crippen LogP contribution in [0.15, 0.2) is 48.8 Å². The molecule has 0 saturated heterocycles. The summed E-state index contributed by atoms with van der Waals surface area (Å²) < 4.78 is 23.7. The van der Waals surface area contributed by atoms with E-state index in [1.54, 1.807) is 54.8 Å². The van der Waals surface area contributed by atoms with Gasteiger partial charge in [0.15, 0.2) is 11.3 Å². The Bertz CT molecular complexity index is 3220. The monoisotopic (exact) mass is 914 g/mol. The fourth-order valence-corrected chi connectivity index (χ4v) is 7.60. The molecule has 0 radical (unpaired) electrons. The molecule has 24 nitrogen and oxygen atoms in total. The second-order valence-electron chi connectivity index (χ2n) is 17.4. The topological polar surface area (TPSA) is 264 Å². The quantitative estimate of drug-likeness (QED) is 0.163. The summed E-state index contributed by atoms with van der Waals surface area (Å²) in [6, 6.07) is 10.9. The summed E-state index contributed by atoms with van der Waals surface area (Å²) in [7, 11) is 7.03. The number of nitrogens with zero attached hydrogens (tertiary/aromatic N) is 13. The Morgan fingerprint density at radius 2 is 1.25 bits per heavy atom. The first kappa shape index (κ1) is 44.2. The zero-order valence-corrected chi connectivity index (χ0v) is 38.4. The zero-order chi connectivity index (χ0) is 47.3. The van der Waals surface area contributed by atoms with E-state index < -0.39 is 11.7 Å². The van der Waals surface area contributed by atoms with E-state index in [0.29, 0.717) is 72.1 Å². The smallest absolute Gasteiger partial charge is 0.415 e. The number of rotatable bonds is 2. The predicted molar refractivity (Wildman–Crippen MR) is 247 cm³/mol. The molecule has 3 amide bonds. The molecule has 5 N–H and O–H groups in total. The number of amides is 3. The van der Waals surface area contributed by atoms with Gasteiger partial charge in [-0.15, -0.1) is 10.2 Å². The Labute approximate surface area is 382 Å². The first-order valence-electron chi connectivity index (χ1n) is 21.4. The van der Waals surface area contributed by atoms with Crippen molar-refractivity contribution >= 4 is 85.9 Å². The molecule has 0 unspecified atom stereocenters. The Kier molecular flexibility index (Phi) is 11.5. The summed E-state index contributed by atoms with van der Waals surface area (Å²) in [6.45, 7) is 10.5. The largest absolute Gasteiger partial charge is 0.443 e. The number of nitrogens with one attached hydrogen (secondary N) is 5. The van der Waals surface area contributed by atoms with E-state index in [-0.39, 0.29) is 35.1 Å². The Morgan fingerprint density at radius 3 is 1.76 bits per heavy atom. The van der Waals surface area contributed by atoms with Crippen LogP contribution >= 0.6 is 0 Å². The second-order valence-corrected chi connectivity index (χ2v) is 17.4. The van der Waals surface area contributed by atoms with Gasteiger partial charge in [-0.25, -0.2) is 24.1 Å². The summed E-state index contributed by atoms with van der Waals surface area (Å²) in [5, 5.41) is 41.2. The van der Waals surface area contributed by atoms with Gasteiger partial charge in [0.05, 0.1) is 61.2 Å². The van der Waals surface area contributed by atoms with Crippen molar-refractivity contribution in [2.75, 3.05) is 48.2 Å². The molecular weight excluding hydrogens is 865 g/mol. The van der Waals surface area contributed by atoms with Crippen molar-refractivity contribution in [2.45, 2.75) is 65.5 Å². The van der Waals surface area contributed by atoms with Gasteiger partial charge in [-0.05, 0) is 70.0 Å². The molecule has 2 aliphatic rings. The second kappa shape index (κ2) is 17.4. The summed E-state index contributed by atoms with van der Waals surface area (Å²) in [5.74, 6) is 1.37. The van der Waals surface area contributed by atoms with E-state index in [4.69, 9.17) is 14.2 Å². The van der Waals surface area contributed by atoms with E-state index in [2.05, 4.69) is 67.4 Å². The van der Waals surface area contributed by atoms with Crippen molar-refractivity contribution in [3.05, 3.63) is 71.0 Å². The Hall–Kier alpha value is -7.99. The summed E-state index contributed by atoms with van der Waals surface area (Å²) in [5.41, 5.74) is 6.99. The first-order valence-corrected chi connectivity index (χ1v) is 21.4. The highest BCUT2D eigenvalue weighted by molar-refractivity contribution is 6.02. The normalized spacial score (nSPS) is 16.7. The predicted octanol–water partition coefficient (Wildman–Crippen LogP) is 4.22. The van der Waals surface area contributed by atoms with Crippen LogP contribution in [0.1, 0.15) is 66.5 Å². The van der Waals surface area contributed by atoms with Crippen LogP contribution in [-0.2, 0) is 41.5 Å². The number of anilines is 6. The maximum atomic E-state index is 13.1. The van der Waals surface area contributed by atoms with Gasteiger partial charge in [-0.3, -0.25) is 14.5 Å². The van der Waals surface area contributed by atoms with Crippen LogP contribution in [0.2, 0.25) is 0 Å². The van der Waals surface area contributed by atoms with E-state index in [9.17, 15) is 14.4 Å². The molecule has 2 atom stereocenters. The number of aryl methyl sites for hydroxylation is 2. The van der Waals surface area contributed by atoms with Crippen LogP contribution in [-0.4, -0.2) is 122 Å². The van der Waals surface area contributed by atoms with Crippen LogP contribution in [0.5, 0.6) is 0 Å². The number of fused-ring (bicyclic) bond motifs is 10. The number of carbonyl (C=O) groups excluding carboxylic acids is 3. The third-order valence-electron chi connectivity index (χ3n) is 10.8. The molecule has 8 bridgehead atoms. The zero-order valence-electron chi connectivity index (χ0n) is 38.4. The van der Waals surface area contributed by atoms with E-state index in [0.717, 1.165) is 33.4 Å². The molecule has 8 aromatic rings. The van der Waals surface area contributed by atoms with Crippen molar-refractivity contribution in [2.24, 2.45) is 14.1 Å². The third kappa shape index (κ3) is 8.90. The van der Waals surface area contributed by atoms with Gasteiger partial charge in [0, 0.05) is 52.4 Å². The fourth-order valence-electron chi connectivity index (χ4n) is 7.60. The van der Waals surface area contributed by atoms with Crippen molar-refractivity contribution in [1.82, 2.24) is 69.8 Å². The lowest BCUT2D eigenvalue weighted by molar-refractivity contribution is 0.0587. The van der Waals surface area contributed by atoms with Gasteiger partial charge in [-0.1, -0.05) is 10.4 Å². The minimum atomic E-state index is -0.697. The number of ether oxygens (including phenoxy) is 3. The lowest BCUT2D eigenvalue weighted by Crippen LogP contribution is -2.36. The Morgan fingerprint density at radius 1 is 0.761 bits per heavy atom. The maximum absolute atomic E-state index is 13.1. The van der Waals surface area contributed by atoms with Crippen LogP contribution in [0.3, 0.4) is 0 Å². The highest BCUT2D eigenvalue weighted by Crippen LogP contribution is 2.31. The molecule has 10 rings (SSSR count). The Balaban J connectivity index is 0.000000171. The molecule has 24 heteroatoms. The molecule has 2 aromatic carbocycles. The van der Waals surface area contributed by atoms with E-state index in [1.807, 2.05) is 58.3 Å². The number of hydrogen-bond acceptors (Lipinski definition) is 17. The van der Waals surface area contributed by atoms with Crippen LogP contribution in [0.4, 0.5) is 39.4 Å². The summed E-state index contributed by atoms with van der Waals surface area (Å²) in [6.07, 6.45) is 2.36. The van der Waals surface area contributed by atoms with Crippen LogP contribution in [0, 0.1) is 0 Å². The highest BCUT2D eigenvalue weighted by Gasteiger charge is 2.27. The number of hydrogen-bond donors (Lipinski definition) is 5. The maximum Gasteiger partial charge on any atom is 0.415 e. The molecule has 2 aliphatic heterocycles. The molecule has 0 saturated carbocycles. The van der Waals surface area contributed by atoms with Gasteiger partial charge >= 0.3 is 6.09 Å². The fraction of sp³-hybridized carbons (Fsp3) is 0.372. The van der Waals surface area contributed by atoms with Crippen molar-refractivity contribution in [3.8, 4) is 0 Å². The van der Waals surface area contributed by atoms with Gasteiger partial charge < -0.3 is 40.8 Å². The minimum absolute atomic E-state index is 0.179. The average Bonchev–Trinajstić information content (AvgIpc) is 4.08. The third-order valence-corrected chi connectivity index (χ3v) is 10.8. The standard InChI is InChI=1S/C24H29N9O4.C19H21N9O2/c1-13-11-36-12-14-7-16(20-17(8-14)32(6)30-29-20)27-18-9-19(31(5)23(35)37-24(2,3)4)33-21(28-18)15(10-25-33)22(34)26-13;1-10-8-30-9-11-4-13(17-14(5-11)27(3)26-25-17)23-15-6-16(20-2)28-18(24-15)12(7-21-28)19(29)22-10/h7-10,13H,11-12H2,1-6H3,(H,26,34)(H,27,28);4-7,10,20H,8-9H2,1-3H3,(H,22,29)(H,23,24)/t13-;10-/m11/s1. The van der Waals surface area contributed by atoms with E-state index >= 15 is 0 Å². The number of carbonyl (C=O) groups is 3. The lowest BCUT2D eigenvalue weighted by atomic mass is 10.1. The molecule has 8 heterocycles. The lowest BCUT2D eigenvalue weighted by Gasteiger charge is -2.25. The summed E-state index contributed by atoms with van der Waals surface area (Å²) >= 11 is 0. The summed E-state index contributed by atoms with van der Waals surface area (Å²) in [4.78, 5) is 49.5. The van der Waals surface area contributed by atoms with Gasteiger partial charge in [0.25, 0.3) is 11.8 Å². The van der Waals surface area contributed by atoms with Gasteiger partial charge in [-0.2, -0.15) is 19.2 Å². The highest BCUT2D eigenvalue weighted by atomic mass is 16.6. The van der Waals surface area contributed by atoms with Crippen LogP contribution in [0.25, 0.3) is 33.4 Å². The molecule has 0 aliphatic carbocycles. The first-order chi connectivity index (χ1) is 32.0. The molecule has 6 aromatic heterocycles. The molecule has 348 valence electrons. The number of benzene rings is 2. The average molecular weight is 915 g/mol. The molecule has 0 spiro atoms. The van der Waals surface area contributed by atoms with Crippen molar-refractivity contribution in [1.29, 1.82) is 0 Å². The van der Waals surface area contributed by atoms with Gasteiger partial charge in [0.1, 0.15) is 51.0 Å². The van der Waals surface area contributed by atoms with Gasteiger partial charge in [0.2, 0.25) is 0 Å². The minimum Gasteiger partial charge on any atom is -0.443 e. The van der Waals surface area contributed by atoms with E-state index in [1.165, 1.54) is 21.8 Å². The SMILES string of the molecule is CNc1cc2nc3c(cnn13)C(=O)N[C@H](C)COCc1cc(c3nnn(C)c3c1)N2.C[C@@H]1COCc2cc(c3nnn(C)c3c2)Nc2cc(N(C)C(=O)OC(C)(C)C)n3ncc(c3n2)C(=O)N1. The van der Waals surface area contributed by atoms with Crippen molar-refractivity contribution in [3.63, 3.8) is 0 Å². The molecular formula is C43H50N18O6.